The Bertz CT molecular complexity index is 382. The average molecular weight is 283 g/mol. The van der Waals surface area contributed by atoms with Crippen molar-refractivity contribution in [2.45, 2.75) is 12.5 Å². The molecule has 1 aromatic rings. The van der Waals surface area contributed by atoms with Crippen LogP contribution in [-0.2, 0) is 15.1 Å². The van der Waals surface area contributed by atoms with Crippen LogP contribution in [-0.4, -0.2) is 52.2 Å². The molecule has 1 unspecified atom stereocenters. The van der Waals surface area contributed by atoms with Crippen molar-refractivity contribution in [2.24, 2.45) is 0 Å². The molecular weight excluding hydrogens is 258 g/mol. The van der Waals surface area contributed by atoms with Crippen LogP contribution in [0, 0.1) is 0 Å². The summed E-state index contributed by atoms with van der Waals surface area (Å²) < 4.78 is 15.6. The zero-order chi connectivity index (χ0) is 14.8. The summed E-state index contributed by atoms with van der Waals surface area (Å²) >= 11 is 0. The fraction of sp³-hybridized carbons (Fsp3) is 0.600. The van der Waals surface area contributed by atoms with Gasteiger partial charge >= 0.3 is 0 Å². The molecule has 0 saturated heterocycles. The van der Waals surface area contributed by atoms with Crippen LogP contribution >= 0.6 is 0 Å². The van der Waals surface area contributed by atoms with Crippen molar-refractivity contribution in [1.82, 2.24) is 5.32 Å². The van der Waals surface area contributed by atoms with Crippen LogP contribution < -0.4 is 10.1 Å². The zero-order valence-electron chi connectivity index (χ0n) is 12.5. The normalized spacial score (nSPS) is 14.0. The third-order valence-electron chi connectivity index (χ3n) is 2.96. The lowest BCUT2D eigenvalue weighted by Crippen LogP contribution is -2.37. The van der Waals surface area contributed by atoms with Gasteiger partial charge in [0.25, 0.3) is 0 Å². The van der Waals surface area contributed by atoms with Gasteiger partial charge in [0, 0.05) is 32.9 Å². The van der Waals surface area contributed by atoms with E-state index >= 15 is 0 Å². The molecular formula is C15H25NO4. The van der Waals surface area contributed by atoms with Crippen LogP contribution in [0.15, 0.2) is 24.3 Å². The second kappa shape index (κ2) is 8.92. The first-order valence-corrected chi connectivity index (χ1v) is 6.75. The van der Waals surface area contributed by atoms with Crippen LogP contribution in [0.25, 0.3) is 0 Å². The fourth-order valence-electron chi connectivity index (χ4n) is 1.87. The van der Waals surface area contributed by atoms with Gasteiger partial charge in [-0.1, -0.05) is 18.2 Å². The summed E-state index contributed by atoms with van der Waals surface area (Å²) in [6, 6.07) is 7.51. The standard InChI is InChI=1S/C15H25NO4/c1-15(17,12-16-8-9-18-2)13-6-4-5-7-14(13)20-11-10-19-3/h4-7,16-17H,8-12H2,1-3H3. The molecule has 0 fully saturated rings. The molecule has 0 aliphatic heterocycles. The number of nitrogens with one attached hydrogen (secondary N) is 1. The van der Waals surface area contributed by atoms with E-state index in [2.05, 4.69) is 5.32 Å². The first kappa shape index (κ1) is 16.9. The lowest BCUT2D eigenvalue weighted by atomic mass is 9.95. The van der Waals surface area contributed by atoms with E-state index in [-0.39, 0.29) is 0 Å². The van der Waals surface area contributed by atoms with Gasteiger partial charge < -0.3 is 24.6 Å². The van der Waals surface area contributed by atoms with Crippen molar-refractivity contribution in [3.8, 4) is 5.75 Å². The molecule has 2 N–H and O–H groups in total. The van der Waals surface area contributed by atoms with Gasteiger partial charge in [-0.15, -0.1) is 0 Å². The van der Waals surface area contributed by atoms with Gasteiger partial charge in [-0.2, -0.15) is 0 Å². The topological polar surface area (TPSA) is 60.0 Å². The molecule has 5 heteroatoms. The van der Waals surface area contributed by atoms with Crippen molar-refractivity contribution in [3.63, 3.8) is 0 Å². The van der Waals surface area contributed by atoms with E-state index in [4.69, 9.17) is 14.2 Å². The van der Waals surface area contributed by atoms with E-state index < -0.39 is 5.60 Å². The molecule has 0 heterocycles. The van der Waals surface area contributed by atoms with Gasteiger partial charge in [-0.25, -0.2) is 0 Å². The molecule has 0 radical (unpaired) electrons. The molecule has 5 nitrogen and oxygen atoms in total. The Morgan fingerprint density at radius 3 is 2.50 bits per heavy atom. The van der Waals surface area contributed by atoms with Crippen LogP contribution in [0.2, 0.25) is 0 Å². The highest BCUT2D eigenvalue weighted by molar-refractivity contribution is 5.37. The number of benzene rings is 1. The summed E-state index contributed by atoms with van der Waals surface area (Å²) in [5.41, 5.74) is -0.238. The summed E-state index contributed by atoms with van der Waals surface area (Å²) in [6.45, 7) is 4.48. The highest BCUT2D eigenvalue weighted by Crippen LogP contribution is 2.29. The van der Waals surface area contributed by atoms with Crippen LogP contribution in [0.5, 0.6) is 5.75 Å². The van der Waals surface area contributed by atoms with Crippen LogP contribution in [0.4, 0.5) is 0 Å². The lowest BCUT2D eigenvalue weighted by Gasteiger charge is -2.26. The maximum atomic E-state index is 10.6. The highest BCUT2D eigenvalue weighted by Gasteiger charge is 2.26. The van der Waals surface area contributed by atoms with E-state index in [0.717, 1.165) is 5.56 Å². The Balaban J connectivity index is 2.66. The third-order valence-corrected chi connectivity index (χ3v) is 2.96. The Labute approximate surface area is 120 Å². The summed E-state index contributed by atoms with van der Waals surface area (Å²) in [5, 5.41) is 13.8. The molecule has 0 saturated carbocycles. The SMILES string of the molecule is COCCNCC(C)(O)c1ccccc1OCCOC. The minimum absolute atomic E-state index is 0.432. The molecule has 114 valence electrons. The maximum Gasteiger partial charge on any atom is 0.125 e. The Hall–Kier alpha value is -1.14. The summed E-state index contributed by atoms with van der Waals surface area (Å²) in [4.78, 5) is 0. The van der Waals surface area contributed by atoms with Crippen molar-refractivity contribution in [1.29, 1.82) is 0 Å². The van der Waals surface area contributed by atoms with Gasteiger partial charge in [-0.05, 0) is 13.0 Å². The maximum absolute atomic E-state index is 10.6. The number of para-hydroxylation sites is 1. The van der Waals surface area contributed by atoms with Gasteiger partial charge in [0.15, 0.2) is 0 Å². The second-order valence-corrected chi connectivity index (χ2v) is 4.78. The molecule has 1 atom stereocenters. The van der Waals surface area contributed by atoms with E-state index in [1.54, 1.807) is 21.1 Å². The van der Waals surface area contributed by atoms with Gasteiger partial charge in [0.05, 0.1) is 13.2 Å². The van der Waals surface area contributed by atoms with Crippen molar-refractivity contribution >= 4 is 0 Å². The smallest absolute Gasteiger partial charge is 0.125 e. The Morgan fingerprint density at radius 1 is 1.10 bits per heavy atom. The quantitative estimate of drug-likeness (QED) is 0.631. The molecule has 0 aliphatic rings. The fourth-order valence-corrected chi connectivity index (χ4v) is 1.87. The minimum atomic E-state index is -1.00. The Morgan fingerprint density at radius 2 is 1.80 bits per heavy atom. The number of hydrogen-bond donors (Lipinski definition) is 2. The Kier molecular flexibility index (Phi) is 7.54. The van der Waals surface area contributed by atoms with Crippen molar-refractivity contribution in [2.75, 3.05) is 47.1 Å². The number of ether oxygens (including phenoxy) is 3. The number of hydrogen-bond acceptors (Lipinski definition) is 5. The van der Waals surface area contributed by atoms with Crippen LogP contribution in [0.3, 0.4) is 0 Å². The molecule has 0 aromatic heterocycles. The third kappa shape index (κ3) is 5.46. The largest absolute Gasteiger partial charge is 0.491 e. The number of methoxy groups -OCH3 is 2. The number of aliphatic hydroxyl groups is 1. The lowest BCUT2D eigenvalue weighted by molar-refractivity contribution is 0.0506. The molecule has 0 amide bonds. The first-order valence-electron chi connectivity index (χ1n) is 6.75. The second-order valence-electron chi connectivity index (χ2n) is 4.78. The molecule has 0 spiro atoms. The van der Waals surface area contributed by atoms with Crippen LogP contribution in [0.1, 0.15) is 12.5 Å². The average Bonchev–Trinajstić information content (AvgIpc) is 2.44. The number of rotatable bonds is 10. The van der Waals surface area contributed by atoms with E-state index in [1.165, 1.54) is 0 Å². The predicted octanol–water partition coefficient (Wildman–Crippen LogP) is 1.16. The highest BCUT2D eigenvalue weighted by atomic mass is 16.5. The monoisotopic (exact) mass is 283 g/mol. The van der Waals surface area contributed by atoms with E-state index in [9.17, 15) is 5.11 Å². The molecule has 0 bridgehead atoms. The zero-order valence-corrected chi connectivity index (χ0v) is 12.5. The molecule has 1 rings (SSSR count). The van der Waals surface area contributed by atoms with Crippen molar-refractivity contribution < 1.29 is 19.3 Å². The molecule has 1 aromatic carbocycles. The van der Waals surface area contributed by atoms with Gasteiger partial charge in [0.1, 0.15) is 18.0 Å². The van der Waals surface area contributed by atoms with Gasteiger partial charge in [0.2, 0.25) is 0 Å². The molecule has 20 heavy (non-hydrogen) atoms. The minimum Gasteiger partial charge on any atom is -0.491 e. The van der Waals surface area contributed by atoms with E-state index in [0.29, 0.717) is 38.7 Å². The summed E-state index contributed by atoms with van der Waals surface area (Å²) in [6.07, 6.45) is 0. The predicted molar refractivity (Wildman–Crippen MR) is 78.1 cm³/mol. The first-order chi connectivity index (χ1) is 9.61. The molecule has 0 aliphatic carbocycles. The van der Waals surface area contributed by atoms with Gasteiger partial charge in [-0.3, -0.25) is 0 Å². The summed E-state index contributed by atoms with van der Waals surface area (Å²) in [5.74, 6) is 0.683. The van der Waals surface area contributed by atoms with Crippen molar-refractivity contribution in [3.05, 3.63) is 29.8 Å². The van der Waals surface area contributed by atoms with E-state index in [1.807, 2.05) is 24.3 Å². The summed E-state index contributed by atoms with van der Waals surface area (Å²) in [7, 11) is 3.28.